The molecule has 1 unspecified atom stereocenters. The van der Waals surface area contributed by atoms with Crippen LogP contribution >= 0.6 is 12.6 Å². The molecule has 0 bridgehead atoms. The maximum Gasteiger partial charge on any atom is 0.00126 e. The first-order valence-corrected chi connectivity index (χ1v) is 8.70. The highest BCUT2D eigenvalue weighted by Crippen LogP contribution is 2.23. The molecule has 1 aliphatic rings. The molecule has 0 radical (unpaired) electrons. The van der Waals surface area contributed by atoms with Crippen molar-refractivity contribution in [2.75, 3.05) is 25.4 Å². The minimum absolute atomic E-state index is 0.877. The van der Waals surface area contributed by atoms with Gasteiger partial charge in [0.1, 0.15) is 0 Å². The summed E-state index contributed by atoms with van der Waals surface area (Å²) in [6, 6.07) is 0. The van der Waals surface area contributed by atoms with Crippen molar-refractivity contribution in [3.8, 4) is 0 Å². The molecular weight excluding hydrogens is 238 g/mol. The summed E-state index contributed by atoms with van der Waals surface area (Å²) in [6.45, 7) is 8.81. The lowest BCUT2D eigenvalue weighted by molar-refractivity contribution is 0.296. The van der Waals surface area contributed by atoms with E-state index in [4.69, 9.17) is 0 Å². The quantitative estimate of drug-likeness (QED) is 0.448. The maximum atomic E-state index is 4.24. The predicted molar refractivity (Wildman–Crippen MR) is 85.6 cm³/mol. The van der Waals surface area contributed by atoms with Crippen LogP contribution < -0.4 is 0 Å². The van der Waals surface area contributed by atoms with Gasteiger partial charge in [0.05, 0.1) is 0 Å². The highest BCUT2D eigenvalue weighted by atomic mass is 32.1. The zero-order valence-corrected chi connectivity index (χ0v) is 13.4. The van der Waals surface area contributed by atoms with Crippen LogP contribution in [0.2, 0.25) is 0 Å². The van der Waals surface area contributed by atoms with Gasteiger partial charge in [0.2, 0.25) is 0 Å². The molecule has 1 rings (SSSR count). The van der Waals surface area contributed by atoms with Gasteiger partial charge in [0.15, 0.2) is 0 Å². The van der Waals surface area contributed by atoms with Gasteiger partial charge < -0.3 is 4.90 Å². The van der Waals surface area contributed by atoms with E-state index in [0.29, 0.717) is 0 Å². The molecular formula is C16H33NS. The fourth-order valence-corrected chi connectivity index (χ4v) is 3.16. The molecule has 0 saturated carbocycles. The largest absolute Gasteiger partial charge is 0.303 e. The van der Waals surface area contributed by atoms with Crippen LogP contribution in [0.5, 0.6) is 0 Å². The van der Waals surface area contributed by atoms with Crippen molar-refractivity contribution < 1.29 is 0 Å². The summed E-state index contributed by atoms with van der Waals surface area (Å²) >= 11 is 4.24. The number of nitrogens with zero attached hydrogens (tertiary/aromatic N) is 1. The Bertz CT molecular complexity index is 194. The summed E-state index contributed by atoms with van der Waals surface area (Å²) in [7, 11) is 0. The van der Waals surface area contributed by atoms with E-state index in [-0.39, 0.29) is 0 Å². The van der Waals surface area contributed by atoms with Gasteiger partial charge in [-0.25, -0.2) is 0 Å². The Balaban J connectivity index is 1.87. The summed E-state index contributed by atoms with van der Waals surface area (Å²) in [5, 5.41) is 0. The third kappa shape index (κ3) is 7.04. The molecule has 0 aromatic rings. The first-order valence-electron chi connectivity index (χ1n) is 8.07. The number of rotatable bonds is 10. The third-order valence-electron chi connectivity index (χ3n) is 4.38. The van der Waals surface area contributed by atoms with Crippen LogP contribution in [0.1, 0.15) is 65.2 Å². The second-order valence-corrected chi connectivity index (χ2v) is 6.74. The van der Waals surface area contributed by atoms with Crippen molar-refractivity contribution in [3.63, 3.8) is 0 Å². The van der Waals surface area contributed by atoms with Crippen molar-refractivity contribution in [2.24, 2.45) is 11.8 Å². The molecule has 18 heavy (non-hydrogen) atoms. The SMILES string of the molecule is CC(C)C1CCN(CCCCCCCCCS)C1. The molecule has 1 aliphatic heterocycles. The van der Waals surface area contributed by atoms with Gasteiger partial charge in [-0.2, -0.15) is 12.6 Å². The summed E-state index contributed by atoms with van der Waals surface area (Å²) in [5.74, 6) is 2.90. The Morgan fingerprint density at radius 3 is 2.17 bits per heavy atom. The van der Waals surface area contributed by atoms with Crippen LogP contribution in [-0.2, 0) is 0 Å². The Kier molecular flexibility index (Phi) is 9.22. The van der Waals surface area contributed by atoms with E-state index in [1.165, 1.54) is 71.0 Å². The summed E-state index contributed by atoms with van der Waals surface area (Å²) in [4.78, 5) is 2.69. The molecule has 1 atom stereocenters. The van der Waals surface area contributed by atoms with Gasteiger partial charge in [-0.15, -0.1) is 0 Å². The number of hydrogen-bond acceptors (Lipinski definition) is 2. The highest BCUT2D eigenvalue weighted by Gasteiger charge is 2.23. The monoisotopic (exact) mass is 271 g/mol. The Hall–Kier alpha value is 0.310. The van der Waals surface area contributed by atoms with E-state index in [1.807, 2.05) is 0 Å². The smallest absolute Gasteiger partial charge is 0.00126 e. The van der Waals surface area contributed by atoms with Crippen LogP contribution in [0, 0.1) is 11.8 Å². The molecule has 0 aliphatic carbocycles. The van der Waals surface area contributed by atoms with Crippen LogP contribution in [0.4, 0.5) is 0 Å². The molecule has 0 aromatic heterocycles. The first-order chi connectivity index (χ1) is 8.74. The van der Waals surface area contributed by atoms with Crippen molar-refractivity contribution in [1.82, 2.24) is 4.90 Å². The molecule has 1 nitrogen and oxygen atoms in total. The minimum atomic E-state index is 0.877. The van der Waals surface area contributed by atoms with Crippen LogP contribution in [0.25, 0.3) is 0 Å². The molecule has 1 saturated heterocycles. The maximum absolute atomic E-state index is 4.24. The Morgan fingerprint density at radius 1 is 1.00 bits per heavy atom. The zero-order chi connectivity index (χ0) is 13.2. The van der Waals surface area contributed by atoms with Crippen LogP contribution in [0.15, 0.2) is 0 Å². The lowest BCUT2D eigenvalue weighted by Crippen LogP contribution is -2.23. The van der Waals surface area contributed by atoms with Crippen LogP contribution in [-0.4, -0.2) is 30.3 Å². The van der Waals surface area contributed by atoms with Gasteiger partial charge in [0.25, 0.3) is 0 Å². The van der Waals surface area contributed by atoms with Gasteiger partial charge >= 0.3 is 0 Å². The summed E-state index contributed by atoms with van der Waals surface area (Å²) in [5.41, 5.74) is 0. The number of likely N-dealkylation sites (tertiary alicyclic amines) is 1. The molecule has 0 N–H and O–H groups in total. The molecule has 0 aromatic carbocycles. The summed E-state index contributed by atoms with van der Waals surface area (Å²) in [6.07, 6.45) is 11.2. The summed E-state index contributed by atoms with van der Waals surface area (Å²) < 4.78 is 0. The molecule has 1 heterocycles. The van der Waals surface area contributed by atoms with Gasteiger partial charge in [-0.05, 0) is 49.9 Å². The fourth-order valence-electron chi connectivity index (χ4n) is 2.94. The second kappa shape index (κ2) is 10.1. The average Bonchev–Trinajstić information content (AvgIpc) is 2.81. The van der Waals surface area contributed by atoms with E-state index in [9.17, 15) is 0 Å². The normalized spacial score (nSPS) is 21.0. The minimum Gasteiger partial charge on any atom is -0.303 e. The van der Waals surface area contributed by atoms with E-state index < -0.39 is 0 Å². The molecule has 2 heteroatoms. The lowest BCUT2D eigenvalue weighted by atomic mass is 9.95. The molecule has 1 fully saturated rings. The Labute approximate surface area is 120 Å². The van der Waals surface area contributed by atoms with Gasteiger partial charge in [0, 0.05) is 6.54 Å². The highest BCUT2D eigenvalue weighted by molar-refractivity contribution is 7.80. The van der Waals surface area contributed by atoms with Crippen molar-refractivity contribution in [1.29, 1.82) is 0 Å². The van der Waals surface area contributed by atoms with Crippen LogP contribution in [0.3, 0.4) is 0 Å². The number of thiol groups is 1. The van der Waals surface area contributed by atoms with E-state index in [2.05, 4.69) is 31.4 Å². The first kappa shape index (κ1) is 16.4. The number of unbranched alkanes of at least 4 members (excludes halogenated alkanes) is 6. The standard InChI is InChI=1S/C16H33NS/c1-15(2)16-10-12-17(14-16)11-8-6-4-3-5-7-9-13-18/h15-16,18H,3-14H2,1-2H3. The van der Waals surface area contributed by atoms with Crippen molar-refractivity contribution >= 4 is 12.6 Å². The van der Waals surface area contributed by atoms with Crippen molar-refractivity contribution in [2.45, 2.75) is 65.2 Å². The van der Waals surface area contributed by atoms with E-state index >= 15 is 0 Å². The van der Waals surface area contributed by atoms with Gasteiger partial charge in [-0.1, -0.05) is 46.0 Å². The van der Waals surface area contributed by atoms with E-state index in [1.54, 1.807) is 0 Å². The second-order valence-electron chi connectivity index (χ2n) is 6.29. The zero-order valence-electron chi connectivity index (χ0n) is 12.5. The fraction of sp³-hybridized carbons (Fsp3) is 1.00. The Morgan fingerprint density at radius 2 is 1.61 bits per heavy atom. The molecule has 0 amide bonds. The predicted octanol–water partition coefficient (Wildman–Crippen LogP) is 4.62. The number of hydrogen-bond donors (Lipinski definition) is 1. The third-order valence-corrected chi connectivity index (χ3v) is 4.70. The van der Waals surface area contributed by atoms with E-state index in [0.717, 1.165) is 17.6 Å². The van der Waals surface area contributed by atoms with Gasteiger partial charge in [-0.3, -0.25) is 0 Å². The molecule has 0 spiro atoms. The average molecular weight is 272 g/mol. The molecule has 108 valence electrons. The topological polar surface area (TPSA) is 3.24 Å². The van der Waals surface area contributed by atoms with Crippen molar-refractivity contribution in [3.05, 3.63) is 0 Å². The lowest BCUT2D eigenvalue weighted by Gasteiger charge is -2.17.